The molecule has 0 bridgehead atoms. The van der Waals surface area contributed by atoms with Crippen LogP contribution in [0.2, 0.25) is 0 Å². The van der Waals surface area contributed by atoms with Crippen LogP contribution in [0.3, 0.4) is 0 Å². The normalized spacial score (nSPS) is 10.8. The zero-order valence-electron chi connectivity index (χ0n) is 12.4. The molecule has 2 N–H and O–H groups in total. The van der Waals surface area contributed by atoms with Crippen LogP contribution in [0.5, 0.6) is 0 Å². The van der Waals surface area contributed by atoms with Gasteiger partial charge in [0.2, 0.25) is 5.91 Å². The van der Waals surface area contributed by atoms with E-state index in [4.69, 9.17) is 4.74 Å². The molecule has 110 valence electrons. The highest BCUT2D eigenvalue weighted by Gasteiger charge is 2.15. The molecule has 0 fully saturated rings. The molecule has 0 radical (unpaired) electrons. The van der Waals surface area contributed by atoms with Crippen molar-refractivity contribution < 1.29 is 14.3 Å². The van der Waals surface area contributed by atoms with Crippen LogP contribution < -0.4 is 10.6 Å². The summed E-state index contributed by atoms with van der Waals surface area (Å²) >= 11 is 0. The number of hydrogen-bond donors (Lipinski definition) is 2. The quantitative estimate of drug-likeness (QED) is 0.890. The highest BCUT2D eigenvalue weighted by Crippen LogP contribution is 2.09. The molecule has 0 aromatic heterocycles. The maximum absolute atomic E-state index is 11.7. The fourth-order valence-electron chi connectivity index (χ4n) is 1.54. The van der Waals surface area contributed by atoms with Gasteiger partial charge in [-0.2, -0.15) is 0 Å². The van der Waals surface area contributed by atoms with Gasteiger partial charge < -0.3 is 15.4 Å². The third-order valence-corrected chi connectivity index (χ3v) is 2.32. The number of carbonyl (C=O) groups is 2. The van der Waals surface area contributed by atoms with Crippen LogP contribution in [-0.2, 0) is 9.53 Å². The lowest BCUT2D eigenvalue weighted by Gasteiger charge is -2.19. The summed E-state index contributed by atoms with van der Waals surface area (Å²) in [5.41, 5.74) is 1.30. The third-order valence-electron chi connectivity index (χ3n) is 2.32. The Labute approximate surface area is 119 Å². The van der Waals surface area contributed by atoms with E-state index in [9.17, 15) is 9.59 Å². The molecule has 5 heteroatoms. The molecule has 0 heterocycles. The molecule has 0 aliphatic carbocycles. The Hall–Kier alpha value is -2.04. The number of anilines is 1. The number of carbonyl (C=O) groups excluding carboxylic acids is 2. The van der Waals surface area contributed by atoms with Gasteiger partial charge in [0.05, 0.1) is 0 Å². The van der Waals surface area contributed by atoms with Crippen molar-refractivity contribution in [3.05, 3.63) is 29.8 Å². The van der Waals surface area contributed by atoms with Gasteiger partial charge in [-0.3, -0.25) is 4.79 Å². The summed E-state index contributed by atoms with van der Waals surface area (Å²) < 4.78 is 5.07. The van der Waals surface area contributed by atoms with Crippen LogP contribution in [0.25, 0.3) is 0 Å². The molecule has 5 nitrogen and oxygen atoms in total. The predicted molar refractivity (Wildman–Crippen MR) is 78.7 cm³/mol. The number of aryl methyl sites for hydroxylation is 1. The molecule has 0 aliphatic heterocycles. The van der Waals surface area contributed by atoms with Crippen molar-refractivity contribution in [2.45, 2.75) is 39.7 Å². The Bertz CT molecular complexity index is 478. The van der Waals surface area contributed by atoms with Crippen molar-refractivity contribution in [2.75, 3.05) is 11.9 Å². The summed E-state index contributed by atoms with van der Waals surface area (Å²) in [6.45, 7) is 7.57. The van der Waals surface area contributed by atoms with E-state index in [2.05, 4.69) is 10.6 Å². The highest BCUT2D eigenvalue weighted by atomic mass is 16.6. The monoisotopic (exact) mass is 278 g/mol. The molecular weight excluding hydrogens is 256 g/mol. The Morgan fingerprint density at radius 2 is 1.95 bits per heavy atom. The first-order valence-corrected chi connectivity index (χ1v) is 6.59. The van der Waals surface area contributed by atoms with E-state index in [0.717, 1.165) is 11.3 Å². The summed E-state index contributed by atoms with van der Waals surface area (Å²) in [4.78, 5) is 23.1. The molecule has 1 aromatic rings. The Morgan fingerprint density at radius 1 is 1.25 bits per heavy atom. The fourth-order valence-corrected chi connectivity index (χ4v) is 1.54. The molecule has 1 aromatic carbocycles. The number of ether oxygens (including phenoxy) is 1. The van der Waals surface area contributed by atoms with E-state index in [0.29, 0.717) is 0 Å². The number of alkyl carbamates (subject to hydrolysis) is 1. The second kappa shape index (κ2) is 6.93. The van der Waals surface area contributed by atoms with E-state index in [1.807, 2.05) is 31.2 Å². The summed E-state index contributed by atoms with van der Waals surface area (Å²) in [5.74, 6) is -0.147. The molecule has 20 heavy (non-hydrogen) atoms. The Balaban J connectivity index is 2.29. The molecule has 0 spiro atoms. The number of rotatable bonds is 4. The van der Waals surface area contributed by atoms with Crippen molar-refractivity contribution >= 4 is 17.7 Å². The van der Waals surface area contributed by atoms with Crippen LogP contribution in [0.4, 0.5) is 10.5 Å². The zero-order chi connectivity index (χ0) is 15.2. The SMILES string of the molecule is Cc1cccc(NC(=O)CCNC(=O)OC(C)(C)C)c1. The minimum absolute atomic E-state index is 0.147. The standard InChI is InChI=1S/C15H22N2O3/c1-11-6-5-7-12(10-11)17-13(18)8-9-16-14(19)20-15(2,3)4/h5-7,10H,8-9H2,1-4H3,(H,16,19)(H,17,18). The maximum atomic E-state index is 11.7. The molecule has 1 rings (SSSR count). The average Bonchev–Trinajstić information content (AvgIpc) is 2.26. The van der Waals surface area contributed by atoms with Crippen molar-refractivity contribution in [1.29, 1.82) is 0 Å². The lowest BCUT2D eigenvalue weighted by Crippen LogP contribution is -2.34. The van der Waals surface area contributed by atoms with Crippen molar-refractivity contribution in [2.24, 2.45) is 0 Å². The Kier molecular flexibility index (Phi) is 5.55. The van der Waals surface area contributed by atoms with Gasteiger partial charge in [-0.15, -0.1) is 0 Å². The topological polar surface area (TPSA) is 67.4 Å². The largest absolute Gasteiger partial charge is 0.444 e. The first-order chi connectivity index (χ1) is 9.26. The highest BCUT2D eigenvalue weighted by molar-refractivity contribution is 5.91. The van der Waals surface area contributed by atoms with Crippen LogP contribution in [0.1, 0.15) is 32.8 Å². The van der Waals surface area contributed by atoms with Gasteiger partial charge in [0.1, 0.15) is 5.60 Å². The number of amides is 2. The van der Waals surface area contributed by atoms with Gasteiger partial charge in [0, 0.05) is 18.7 Å². The number of benzene rings is 1. The second-order valence-electron chi connectivity index (χ2n) is 5.60. The summed E-state index contributed by atoms with van der Waals surface area (Å²) in [6, 6.07) is 7.55. The van der Waals surface area contributed by atoms with E-state index in [-0.39, 0.29) is 18.9 Å². The molecular formula is C15H22N2O3. The molecule has 2 amide bonds. The lowest BCUT2D eigenvalue weighted by atomic mass is 10.2. The molecule has 0 aliphatic rings. The molecule has 0 atom stereocenters. The molecule has 0 saturated heterocycles. The Morgan fingerprint density at radius 3 is 2.55 bits per heavy atom. The lowest BCUT2D eigenvalue weighted by molar-refractivity contribution is -0.116. The second-order valence-corrected chi connectivity index (χ2v) is 5.60. The van der Waals surface area contributed by atoms with Gasteiger partial charge in [0.15, 0.2) is 0 Å². The van der Waals surface area contributed by atoms with Crippen molar-refractivity contribution in [3.8, 4) is 0 Å². The van der Waals surface area contributed by atoms with E-state index in [1.165, 1.54) is 0 Å². The van der Waals surface area contributed by atoms with Gasteiger partial charge in [0.25, 0.3) is 0 Å². The number of hydrogen-bond acceptors (Lipinski definition) is 3. The van der Waals surface area contributed by atoms with Gasteiger partial charge in [-0.25, -0.2) is 4.79 Å². The van der Waals surface area contributed by atoms with Crippen LogP contribution in [-0.4, -0.2) is 24.1 Å². The first-order valence-electron chi connectivity index (χ1n) is 6.59. The molecule has 0 unspecified atom stereocenters. The van der Waals surface area contributed by atoms with Gasteiger partial charge in [-0.05, 0) is 45.4 Å². The van der Waals surface area contributed by atoms with Crippen molar-refractivity contribution in [1.82, 2.24) is 5.32 Å². The van der Waals surface area contributed by atoms with Gasteiger partial charge in [-0.1, -0.05) is 12.1 Å². The predicted octanol–water partition coefficient (Wildman–Crippen LogP) is 2.85. The van der Waals surface area contributed by atoms with Crippen LogP contribution >= 0.6 is 0 Å². The third kappa shape index (κ3) is 6.78. The fraction of sp³-hybridized carbons (Fsp3) is 0.467. The van der Waals surface area contributed by atoms with Crippen LogP contribution in [0.15, 0.2) is 24.3 Å². The van der Waals surface area contributed by atoms with E-state index >= 15 is 0 Å². The average molecular weight is 278 g/mol. The maximum Gasteiger partial charge on any atom is 0.407 e. The zero-order valence-corrected chi connectivity index (χ0v) is 12.4. The summed E-state index contributed by atoms with van der Waals surface area (Å²) in [6.07, 6.45) is -0.312. The first kappa shape index (κ1) is 16.0. The minimum atomic E-state index is -0.534. The number of nitrogens with one attached hydrogen (secondary N) is 2. The van der Waals surface area contributed by atoms with Crippen LogP contribution in [0, 0.1) is 6.92 Å². The van der Waals surface area contributed by atoms with E-state index in [1.54, 1.807) is 20.8 Å². The summed E-state index contributed by atoms with van der Waals surface area (Å²) in [7, 11) is 0. The van der Waals surface area contributed by atoms with Gasteiger partial charge >= 0.3 is 6.09 Å². The smallest absolute Gasteiger partial charge is 0.407 e. The summed E-state index contributed by atoms with van der Waals surface area (Å²) in [5, 5.41) is 5.32. The van der Waals surface area contributed by atoms with Crippen molar-refractivity contribution in [3.63, 3.8) is 0 Å². The van der Waals surface area contributed by atoms with E-state index < -0.39 is 11.7 Å². The minimum Gasteiger partial charge on any atom is -0.444 e. The molecule has 0 saturated carbocycles.